The summed E-state index contributed by atoms with van der Waals surface area (Å²) in [4.78, 5) is 25.7. The normalized spacial score (nSPS) is 11.4. The molecule has 0 aliphatic heterocycles. The summed E-state index contributed by atoms with van der Waals surface area (Å²) < 4.78 is 16.5. The van der Waals surface area contributed by atoms with Crippen LogP contribution in [0, 0.1) is 5.82 Å². The third-order valence-electron chi connectivity index (χ3n) is 5.32. The van der Waals surface area contributed by atoms with Crippen molar-refractivity contribution < 1.29 is 19.4 Å². The van der Waals surface area contributed by atoms with E-state index in [0.29, 0.717) is 23.2 Å². The number of hydrazone groups is 2. The van der Waals surface area contributed by atoms with Crippen LogP contribution in [0.5, 0.6) is 11.5 Å². The van der Waals surface area contributed by atoms with Gasteiger partial charge in [0.1, 0.15) is 22.9 Å². The fourth-order valence-corrected chi connectivity index (χ4v) is 3.44. The Kier molecular flexibility index (Phi) is 7.05. The van der Waals surface area contributed by atoms with Crippen LogP contribution in [0.1, 0.15) is 28.4 Å². The van der Waals surface area contributed by atoms with Crippen LogP contribution in [0.4, 0.5) is 10.1 Å². The van der Waals surface area contributed by atoms with Crippen molar-refractivity contribution >= 4 is 34.9 Å². The smallest absolute Gasteiger partial charge is 0.276 e. The van der Waals surface area contributed by atoms with Crippen molar-refractivity contribution in [1.82, 2.24) is 9.99 Å². The van der Waals surface area contributed by atoms with Gasteiger partial charge in [0.15, 0.2) is 0 Å². The van der Waals surface area contributed by atoms with Crippen molar-refractivity contribution in [3.8, 4) is 11.5 Å². The molecule has 9 nitrogen and oxygen atoms in total. The Hall–Kier alpha value is -4.99. The number of hydrogen-bond acceptors (Lipinski definition) is 7. The molecule has 0 saturated carbocycles. The van der Waals surface area contributed by atoms with Gasteiger partial charge in [-0.05, 0) is 78.7 Å². The van der Waals surface area contributed by atoms with Gasteiger partial charge >= 0.3 is 0 Å². The molecule has 0 bridgehead atoms. The molecule has 0 unspecified atom stereocenters. The first-order chi connectivity index (χ1) is 17.4. The predicted octanol–water partition coefficient (Wildman–Crippen LogP) is 3.78. The van der Waals surface area contributed by atoms with Gasteiger partial charge in [-0.15, -0.1) is 0 Å². The Morgan fingerprint density at radius 3 is 2.14 bits per heavy atom. The van der Waals surface area contributed by atoms with Crippen molar-refractivity contribution in [3.63, 3.8) is 0 Å². The Labute approximate surface area is 204 Å². The quantitative estimate of drug-likeness (QED) is 0.233. The van der Waals surface area contributed by atoms with Gasteiger partial charge in [-0.3, -0.25) is 15.0 Å². The van der Waals surface area contributed by atoms with E-state index in [4.69, 9.17) is 0 Å². The summed E-state index contributed by atoms with van der Waals surface area (Å²) in [5, 5.41) is 26.6. The van der Waals surface area contributed by atoms with Crippen LogP contribution >= 0.6 is 0 Å². The molecular formula is C26H22FN5O4. The van der Waals surface area contributed by atoms with Crippen LogP contribution in [-0.4, -0.2) is 33.1 Å². The molecule has 36 heavy (non-hydrogen) atoms. The minimum absolute atomic E-state index is 0.0394. The number of phenolic OH excluding ortho intramolecular Hbond substituents is 2. The van der Waals surface area contributed by atoms with E-state index < -0.39 is 17.2 Å². The number of aryl methyl sites for hydroxylation is 1. The summed E-state index contributed by atoms with van der Waals surface area (Å²) in [5.41, 5.74) is 5.91. The molecule has 0 aliphatic rings. The number of benzene rings is 3. The first kappa shape index (κ1) is 24.1. The van der Waals surface area contributed by atoms with Crippen molar-refractivity contribution in [2.24, 2.45) is 10.2 Å². The number of carbonyl (C=O) groups is 1. The molecule has 4 aromatic rings. The molecule has 182 valence electrons. The van der Waals surface area contributed by atoms with Gasteiger partial charge in [-0.1, -0.05) is 0 Å². The van der Waals surface area contributed by atoms with Gasteiger partial charge in [-0.25, -0.2) is 9.82 Å². The number of phenols is 2. The third-order valence-corrected chi connectivity index (χ3v) is 5.32. The molecule has 0 radical (unpaired) electrons. The Bertz CT molecular complexity index is 1530. The highest BCUT2D eigenvalue weighted by Crippen LogP contribution is 2.22. The van der Waals surface area contributed by atoms with Crippen LogP contribution in [0.25, 0.3) is 10.9 Å². The van der Waals surface area contributed by atoms with E-state index in [-0.39, 0.29) is 28.1 Å². The lowest BCUT2D eigenvalue weighted by atomic mass is 10.1. The summed E-state index contributed by atoms with van der Waals surface area (Å²) >= 11 is 0. The molecular weight excluding hydrogens is 465 g/mol. The van der Waals surface area contributed by atoms with Gasteiger partial charge in [0.25, 0.3) is 5.91 Å². The second kappa shape index (κ2) is 10.5. The highest BCUT2D eigenvalue weighted by Gasteiger charge is 2.17. The molecule has 1 aromatic heterocycles. The number of anilines is 1. The second-order valence-corrected chi connectivity index (χ2v) is 7.76. The zero-order valence-corrected chi connectivity index (χ0v) is 19.1. The average Bonchev–Trinajstić information content (AvgIpc) is 2.87. The third kappa shape index (κ3) is 5.39. The van der Waals surface area contributed by atoms with Crippen molar-refractivity contribution in [1.29, 1.82) is 0 Å². The van der Waals surface area contributed by atoms with E-state index in [1.165, 1.54) is 49.0 Å². The van der Waals surface area contributed by atoms with E-state index in [9.17, 15) is 24.2 Å². The minimum Gasteiger partial charge on any atom is -0.508 e. The molecule has 0 atom stereocenters. The number of halogens is 1. The molecule has 10 heteroatoms. The van der Waals surface area contributed by atoms with Crippen molar-refractivity contribution in [2.75, 3.05) is 5.43 Å². The molecule has 0 spiro atoms. The fourth-order valence-electron chi connectivity index (χ4n) is 3.44. The number of rotatable bonds is 7. The summed E-state index contributed by atoms with van der Waals surface area (Å²) in [7, 11) is 0. The Morgan fingerprint density at radius 1 is 0.972 bits per heavy atom. The molecule has 0 aliphatic carbocycles. The number of pyridine rings is 1. The molecule has 4 N–H and O–H groups in total. The van der Waals surface area contributed by atoms with Gasteiger partial charge in [0.2, 0.25) is 5.43 Å². The Morgan fingerprint density at radius 2 is 1.56 bits per heavy atom. The summed E-state index contributed by atoms with van der Waals surface area (Å²) in [6, 6.07) is 15.0. The maximum atomic E-state index is 14.8. The Balaban J connectivity index is 1.59. The topological polar surface area (TPSA) is 128 Å². The van der Waals surface area contributed by atoms with Crippen LogP contribution in [0.3, 0.4) is 0 Å². The summed E-state index contributed by atoms with van der Waals surface area (Å²) in [6.07, 6.45) is 4.23. The fraction of sp³-hybridized carbons (Fsp3) is 0.0769. The van der Waals surface area contributed by atoms with Crippen LogP contribution in [0.15, 0.2) is 81.9 Å². The number of carbonyl (C=O) groups excluding carboxylic acids is 1. The van der Waals surface area contributed by atoms with E-state index in [1.54, 1.807) is 28.8 Å². The van der Waals surface area contributed by atoms with E-state index in [1.807, 2.05) is 6.92 Å². The van der Waals surface area contributed by atoms with Crippen molar-refractivity contribution in [2.45, 2.75) is 13.5 Å². The van der Waals surface area contributed by atoms with Crippen LogP contribution < -0.4 is 16.3 Å². The van der Waals surface area contributed by atoms with E-state index in [0.717, 1.165) is 6.07 Å². The lowest BCUT2D eigenvalue weighted by Crippen LogP contribution is -2.27. The lowest BCUT2D eigenvalue weighted by Gasteiger charge is -2.13. The molecule has 0 fully saturated rings. The van der Waals surface area contributed by atoms with Gasteiger partial charge < -0.3 is 14.8 Å². The monoisotopic (exact) mass is 487 g/mol. The largest absolute Gasteiger partial charge is 0.508 e. The highest BCUT2D eigenvalue weighted by molar-refractivity contribution is 5.98. The minimum atomic E-state index is -0.736. The maximum absolute atomic E-state index is 14.8. The van der Waals surface area contributed by atoms with Gasteiger partial charge in [0.05, 0.1) is 23.6 Å². The first-order valence-corrected chi connectivity index (χ1v) is 10.9. The standard InChI is InChI=1S/C26H22FN5O4/c1-2-32-15-21(26(36)31-29-14-17-5-9-19(34)10-6-17)25(35)20-11-22(27)23(12-24(20)32)30-28-13-16-3-7-18(33)8-4-16/h3-15,30,33-34H,2H2,1H3,(H,31,36)/b28-13-,29-14-. The molecule has 3 aromatic carbocycles. The zero-order valence-electron chi connectivity index (χ0n) is 19.1. The molecule has 1 amide bonds. The molecule has 1 heterocycles. The summed E-state index contributed by atoms with van der Waals surface area (Å²) in [6.45, 7) is 2.24. The second-order valence-electron chi connectivity index (χ2n) is 7.76. The van der Waals surface area contributed by atoms with Gasteiger partial charge in [0, 0.05) is 18.1 Å². The number of aromatic hydroxyl groups is 2. The van der Waals surface area contributed by atoms with E-state index in [2.05, 4.69) is 21.1 Å². The number of nitrogens with zero attached hydrogens (tertiary/aromatic N) is 3. The SMILES string of the molecule is CCn1cc(C(=O)N/N=C\c2ccc(O)cc2)c(=O)c2cc(F)c(N/N=C\c3ccc(O)cc3)cc21. The highest BCUT2D eigenvalue weighted by atomic mass is 19.1. The predicted molar refractivity (Wildman–Crippen MR) is 136 cm³/mol. The van der Waals surface area contributed by atoms with Crippen LogP contribution in [0.2, 0.25) is 0 Å². The van der Waals surface area contributed by atoms with E-state index >= 15 is 0 Å². The van der Waals surface area contributed by atoms with Crippen LogP contribution in [-0.2, 0) is 6.54 Å². The number of aromatic nitrogens is 1. The zero-order chi connectivity index (χ0) is 25.7. The molecule has 4 rings (SSSR count). The first-order valence-electron chi connectivity index (χ1n) is 10.9. The average molecular weight is 487 g/mol. The number of amides is 1. The maximum Gasteiger partial charge on any atom is 0.276 e. The number of nitrogens with one attached hydrogen (secondary N) is 2. The van der Waals surface area contributed by atoms with Gasteiger partial charge in [-0.2, -0.15) is 10.2 Å². The number of fused-ring (bicyclic) bond motifs is 1. The van der Waals surface area contributed by atoms with Crippen molar-refractivity contribution in [3.05, 3.63) is 99.6 Å². The lowest BCUT2D eigenvalue weighted by molar-refractivity contribution is 0.0953. The molecule has 0 saturated heterocycles. The summed E-state index contributed by atoms with van der Waals surface area (Å²) in [5.74, 6) is -1.23. The number of hydrogen-bond donors (Lipinski definition) is 4.